The number of benzene rings is 2. The molecular weight excluding hydrogens is 507 g/mol. The van der Waals surface area contributed by atoms with Gasteiger partial charge in [0, 0.05) is 18.3 Å². The van der Waals surface area contributed by atoms with Crippen LogP contribution in [0.25, 0.3) is 5.57 Å². The number of carbonyl (C=O) groups is 1. The highest BCUT2D eigenvalue weighted by Crippen LogP contribution is 2.38. The molecule has 0 aliphatic heterocycles. The molecule has 1 aromatic heterocycles. The van der Waals surface area contributed by atoms with E-state index in [1.807, 2.05) is 43.3 Å². The largest absolute Gasteiger partial charge is 0.416 e. The Hall–Kier alpha value is -3.39. The Morgan fingerprint density at radius 1 is 1.06 bits per heavy atom. The summed E-state index contributed by atoms with van der Waals surface area (Å²) in [7, 11) is 0. The fourth-order valence-electron chi connectivity index (χ4n) is 3.82. The fourth-order valence-corrected chi connectivity index (χ4v) is 4.17. The quantitative estimate of drug-likeness (QED) is 0.372. The Morgan fingerprint density at radius 3 is 2.53 bits per heavy atom. The molecule has 1 aliphatic rings. The highest BCUT2D eigenvalue weighted by Gasteiger charge is 2.40. The number of carbonyl (C=O) groups excluding carboxylic acids is 1. The van der Waals surface area contributed by atoms with Crippen molar-refractivity contribution in [1.29, 1.82) is 0 Å². The third-order valence-electron chi connectivity index (χ3n) is 5.62. The van der Waals surface area contributed by atoms with Gasteiger partial charge in [0.15, 0.2) is 0 Å². The first-order chi connectivity index (χ1) is 16.2. The van der Waals surface area contributed by atoms with Gasteiger partial charge in [-0.2, -0.15) is 13.2 Å². The topological polar surface area (TPSA) is 54.0 Å². The molecule has 1 aliphatic carbocycles. The molecule has 1 amide bonds. The average Bonchev–Trinajstić information content (AvgIpc) is 2.82. The highest BCUT2D eigenvalue weighted by atomic mass is 79.9. The molecule has 0 radical (unpaired) electrons. The van der Waals surface area contributed by atoms with Crippen molar-refractivity contribution in [2.75, 3.05) is 10.6 Å². The Morgan fingerprint density at radius 2 is 1.82 bits per heavy atom. The summed E-state index contributed by atoms with van der Waals surface area (Å²) in [5, 5.41) is 5.91. The van der Waals surface area contributed by atoms with Gasteiger partial charge in [0.05, 0.1) is 10.0 Å². The minimum atomic E-state index is -4.51. The lowest BCUT2D eigenvalue weighted by molar-refractivity contribution is -0.137. The lowest BCUT2D eigenvalue weighted by Crippen LogP contribution is -2.49. The maximum atomic E-state index is 13.7. The second-order valence-corrected chi connectivity index (χ2v) is 8.85. The molecule has 0 bridgehead atoms. The van der Waals surface area contributed by atoms with Crippen molar-refractivity contribution >= 4 is 38.9 Å². The van der Waals surface area contributed by atoms with Crippen LogP contribution in [0.5, 0.6) is 0 Å². The molecule has 174 valence electrons. The smallest absolute Gasteiger partial charge is 0.352 e. The van der Waals surface area contributed by atoms with Crippen molar-refractivity contribution < 1.29 is 18.0 Å². The number of nitrogens with one attached hydrogen (secondary N) is 2. The number of alkyl halides is 3. The van der Waals surface area contributed by atoms with E-state index in [9.17, 15) is 18.0 Å². The van der Waals surface area contributed by atoms with Gasteiger partial charge in [-0.15, -0.1) is 0 Å². The molecule has 0 fully saturated rings. The van der Waals surface area contributed by atoms with Gasteiger partial charge >= 0.3 is 6.18 Å². The molecule has 1 heterocycles. The molecule has 2 N–H and O–H groups in total. The van der Waals surface area contributed by atoms with Gasteiger partial charge in [-0.1, -0.05) is 42.5 Å². The summed E-state index contributed by atoms with van der Waals surface area (Å²) in [6, 6.07) is 17.8. The first-order valence-corrected chi connectivity index (χ1v) is 11.3. The Kier molecular flexibility index (Phi) is 6.61. The van der Waals surface area contributed by atoms with Crippen LogP contribution in [0.2, 0.25) is 0 Å². The summed E-state index contributed by atoms with van der Waals surface area (Å²) in [6.07, 6.45) is 0.936. The van der Waals surface area contributed by atoms with Crippen LogP contribution in [-0.4, -0.2) is 16.4 Å². The molecule has 1 atom stereocenters. The van der Waals surface area contributed by atoms with Crippen molar-refractivity contribution in [3.8, 4) is 0 Å². The maximum absolute atomic E-state index is 13.7. The van der Waals surface area contributed by atoms with Crippen molar-refractivity contribution in [2.45, 2.75) is 25.1 Å². The van der Waals surface area contributed by atoms with Gasteiger partial charge in [-0.3, -0.25) is 4.79 Å². The number of allylic oxidation sites excluding steroid dienone is 2. The van der Waals surface area contributed by atoms with Crippen LogP contribution in [-0.2, 0) is 11.0 Å². The number of hydrogen-bond donors (Lipinski definition) is 2. The minimum absolute atomic E-state index is 0.0574. The lowest BCUT2D eigenvalue weighted by Gasteiger charge is -2.35. The van der Waals surface area contributed by atoms with Crippen LogP contribution in [0.4, 0.5) is 24.7 Å². The van der Waals surface area contributed by atoms with Crippen molar-refractivity contribution in [3.63, 3.8) is 0 Å². The predicted octanol–water partition coefficient (Wildman–Crippen LogP) is 7.09. The summed E-state index contributed by atoms with van der Waals surface area (Å²) in [5.74, 6) is -0.0557. The maximum Gasteiger partial charge on any atom is 0.416 e. The van der Waals surface area contributed by atoms with E-state index < -0.39 is 23.2 Å². The van der Waals surface area contributed by atoms with Crippen LogP contribution in [0.15, 0.2) is 95.1 Å². The molecule has 34 heavy (non-hydrogen) atoms. The molecule has 4 nitrogen and oxygen atoms in total. The van der Waals surface area contributed by atoms with E-state index in [0.29, 0.717) is 10.3 Å². The van der Waals surface area contributed by atoms with E-state index >= 15 is 0 Å². The number of halogens is 4. The van der Waals surface area contributed by atoms with Crippen LogP contribution < -0.4 is 10.6 Å². The van der Waals surface area contributed by atoms with Crippen molar-refractivity contribution in [1.82, 2.24) is 4.98 Å². The Balaban J connectivity index is 1.73. The van der Waals surface area contributed by atoms with Crippen molar-refractivity contribution in [2.24, 2.45) is 0 Å². The molecule has 8 heteroatoms. The molecule has 0 saturated carbocycles. The molecular formula is C26H21BrF3N3O. The Bertz CT molecular complexity index is 1270. The van der Waals surface area contributed by atoms with Gasteiger partial charge in [0.25, 0.3) is 5.91 Å². The third-order valence-corrected chi connectivity index (χ3v) is 6.26. The zero-order valence-corrected chi connectivity index (χ0v) is 19.7. The zero-order chi connectivity index (χ0) is 24.3. The summed E-state index contributed by atoms with van der Waals surface area (Å²) in [6.45, 7) is 1.96. The SMILES string of the molecule is CC1=C(c2ccccc2)CC(Nc2ncccc2Br)(C(=O)Nc2cccc(C(F)(F)F)c2)C=C1. The highest BCUT2D eigenvalue weighted by molar-refractivity contribution is 9.10. The molecule has 4 rings (SSSR count). The van der Waals surface area contributed by atoms with Crippen LogP contribution in [0.3, 0.4) is 0 Å². The van der Waals surface area contributed by atoms with Crippen LogP contribution in [0, 0.1) is 0 Å². The van der Waals surface area contributed by atoms with Gasteiger partial charge < -0.3 is 10.6 Å². The summed E-state index contributed by atoms with van der Waals surface area (Å²) in [5.41, 5.74) is 0.831. The van der Waals surface area contributed by atoms with E-state index in [2.05, 4.69) is 31.5 Å². The van der Waals surface area contributed by atoms with E-state index in [1.54, 1.807) is 24.4 Å². The summed E-state index contributed by atoms with van der Waals surface area (Å²) in [4.78, 5) is 18.0. The van der Waals surface area contributed by atoms with Gasteiger partial charge in [-0.05, 0) is 76.0 Å². The predicted molar refractivity (Wildman–Crippen MR) is 131 cm³/mol. The number of aromatic nitrogens is 1. The second-order valence-electron chi connectivity index (χ2n) is 8.00. The van der Waals surface area contributed by atoms with E-state index in [1.165, 1.54) is 12.1 Å². The first-order valence-electron chi connectivity index (χ1n) is 10.5. The standard InChI is InChI=1S/C26H21BrF3N3O/c1-17-12-13-25(33-23-22(27)11-6-14-31-23,16-21(17)18-7-3-2-4-8-18)24(34)32-20-10-5-9-19(15-20)26(28,29)30/h2-15H,16H2,1H3,(H,31,33)(H,32,34). The number of hydrogen-bond acceptors (Lipinski definition) is 3. The van der Waals surface area contributed by atoms with E-state index in [4.69, 9.17) is 0 Å². The van der Waals surface area contributed by atoms with Gasteiger partial charge in [0.2, 0.25) is 0 Å². The first kappa shape index (κ1) is 23.8. The lowest BCUT2D eigenvalue weighted by atomic mass is 9.80. The fraction of sp³-hybridized carbons (Fsp3) is 0.154. The molecule has 0 saturated heterocycles. The van der Waals surface area contributed by atoms with Crippen LogP contribution in [0.1, 0.15) is 24.5 Å². The Labute approximate surface area is 203 Å². The number of pyridine rings is 1. The number of amides is 1. The monoisotopic (exact) mass is 527 g/mol. The van der Waals surface area contributed by atoms with Gasteiger partial charge in [0.1, 0.15) is 11.4 Å². The van der Waals surface area contributed by atoms with Crippen LogP contribution >= 0.6 is 15.9 Å². The molecule has 1 unspecified atom stereocenters. The zero-order valence-electron chi connectivity index (χ0n) is 18.2. The van der Waals surface area contributed by atoms with E-state index in [0.717, 1.165) is 28.8 Å². The second kappa shape index (κ2) is 9.46. The molecule has 3 aromatic rings. The number of anilines is 2. The molecule has 0 spiro atoms. The number of nitrogens with zero attached hydrogens (tertiary/aromatic N) is 1. The molecule has 2 aromatic carbocycles. The summed E-state index contributed by atoms with van der Waals surface area (Å²) >= 11 is 3.45. The van der Waals surface area contributed by atoms with E-state index in [-0.39, 0.29) is 12.1 Å². The average molecular weight is 528 g/mol. The van der Waals surface area contributed by atoms with Crippen molar-refractivity contribution in [3.05, 3.63) is 106 Å². The summed E-state index contributed by atoms with van der Waals surface area (Å²) < 4.78 is 40.2. The number of rotatable bonds is 5. The normalized spacial score (nSPS) is 18.0. The minimum Gasteiger partial charge on any atom is -0.352 e. The van der Waals surface area contributed by atoms with Gasteiger partial charge in [-0.25, -0.2) is 4.98 Å². The third kappa shape index (κ3) is 5.07.